The van der Waals surface area contributed by atoms with Gasteiger partial charge in [0, 0.05) is 32.0 Å². The number of Topliss-reactive ketones (excluding diaryl/α,β-unsaturated/α-hetero) is 1. The second kappa shape index (κ2) is 6.65. The van der Waals surface area contributed by atoms with Crippen LogP contribution in [0.15, 0.2) is 12.1 Å². The van der Waals surface area contributed by atoms with E-state index in [-0.39, 0.29) is 18.3 Å². The number of carbonyl (C=O) groups is 2. The predicted molar refractivity (Wildman–Crippen MR) is 97.4 cm³/mol. The fourth-order valence-corrected chi connectivity index (χ4v) is 3.69. The zero-order valence-corrected chi connectivity index (χ0v) is 16.3. The summed E-state index contributed by atoms with van der Waals surface area (Å²) in [5, 5.41) is 0.338. The monoisotopic (exact) mass is 381 g/mol. The number of likely N-dealkylation sites (tertiary alicyclic amines) is 1. The van der Waals surface area contributed by atoms with Crippen LogP contribution in [0.5, 0.6) is 11.5 Å². The molecule has 1 amide bonds. The van der Waals surface area contributed by atoms with E-state index >= 15 is 0 Å². The first-order chi connectivity index (χ1) is 12.1. The van der Waals surface area contributed by atoms with Gasteiger partial charge in [-0.3, -0.25) is 4.79 Å². The van der Waals surface area contributed by atoms with E-state index in [0.717, 1.165) is 0 Å². The minimum atomic E-state index is -0.613. The number of benzene rings is 1. The van der Waals surface area contributed by atoms with Crippen LogP contribution in [-0.4, -0.2) is 48.2 Å². The van der Waals surface area contributed by atoms with E-state index in [1.54, 1.807) is 17.0 Å². The topological polar surface area (TPSA) is 65.1 Å². The first-order valence-corrected chi connectivity index (χ1v) is 9.08. The molecule has 0 radical (unpaired) electrons. The molecule has 2 aliphatic rings. The van der Waals surface area contributed by atoms with Gasteiger partial charge in [-0.25, -0.2) is 4.79 Å². The van der Waals surface area contributed by atoms with Crippen molar-refractivity contribution in [1.82, 2.24) is 4.90 Å². The molecule has 142 valence electrons. The molecule has 1 aromatic carbocycles. The van der Waals surface area contributed by atoms with Crippen molar-refractivity contribution in [1.29, 1.82) is 0 Å². The zero-order chi connectivity index (χ0) is 19.1. The molecule has 1 aromatic rings. The highest BCUT2D eigenvalue weighted by Crippen LogP contribution is 2.43. The van der Waals surface area contributed by atoms with Crippen molar-refractivity contribution >= 4 is 23.5 Å². The van der Waals surface area contributed by atoms with Crippen LogP contribution in [0.4, 0.5) is 4.79 Å². The molecule has 0 aliphatic carbocycles. The van der Waals surface area contributed by atoms with Crippen LogP contribution in [0.1, 0.15) is 50.4 Å². The maximum atomic E-state index is 12.7. The first kappa shape index (κ1) is 18.8. The number of piperidine rings is 1. The Labute approximate surface area is 158 Å². The fraction of sp³-hybridized carbons (Fsp3) is 0.579. The van der Waals surface area contributed by atoms with Crippen LogP contribution in [0.25, 0.3) is 0 Å². The standard InChI is InChI=1S/C19H24ClNO5/c1-18(2,3)26-17(23)21-7-5-19(6-8-21)11-14(22)16-13(20)9-12(24-4)10-15(16)25-19/h9-10H,5-8,11H2,1-4H3. The Bertz CT molecular complexity index is 732. The second-order valence-electron chi connectivity index (χ2n) is 7.83. The van der Waals surface area contributed by atoms with Crippen molar-refractivity contribution < 1.29 is 23.8 Å². The van der Waals surface area contributed by atoms with Gasteiger partial charge >= 0.3 is 6.09 Å². The molecule has 0 bridgehead atoms. The van der Waals surface area contributed by atoms with E-state index in [1.165, 1.54) is 7.11 Å². The van der Waals surface area contributed by atoms with Gasteiger partial charge < -0.3 is 19.1 Å². The molecular weight excluding hydrogens is 358 g/mol. The average molecular weight is 382 g/mol. The number of rotatable bonds is 1. The summed E-state index contributed by atoms with van der Waals surface area (Å²) < 4.78 is 16.9. The van der Waals surface area contributed by atoms with Gasteiger partial charge in [-0.05, 0) is 26.8 Å². The Balaban J connectivity index is 1.75. The summed E-state index contributed by atoms with van der Waals surface area (Å²) >= 11 is 6.22. The van der Waals surface area contributed by atoms with E-state index in [2.05, 4.69) is 0 Å². The number of ketones is 1. The summed E-state index contributed by atoms with van der Waals surface area (Å²) in [7, 11) is 1.54. The summed E-state index contributed by atoms with van der Waals surface area (Å²) in [6.45, 7) is 6.48. The van der Waals surface area contributed by atoms with Gasteiger partial charge in [-0.15, -0.1) is 0 Å². The number of ether oxygens (including phenoxy) is 3. The number of fused-ring (bicyclic) bond motifs is 1. The Hall–Kier alpha value is -1.95. The number of halogens is 1. The lowest BCUT2D eigenvalue weighted by Crippen LogP contribution is -2.53. The van der Waals surface area contributed by atoms with Crippen molar-refractivity contribution in [3.05, 3.63) is 22.7 Å². The number of nitrogens with zero attached hydrogens (tertiary/aromatic N) is 1. The Kier molecular flexibility index (Phi) is 4.82. The number of hydrogen-bond donors (Lipinski definition) is 0. The van der Waals surface area contributed by atoms with Crippen molar-refractivity contribution in [2.75, 3.05) is 20.2 Å². The molecule has 0 unspecified atom stereocenters. The molecule has 0 atom stereocenters. The predicted octanol–water partition coefficient (Wildman–Crippen LogP) is 4.08. The highest BCUT2D eigenvalue weighted by atomic mass is 35.5. The number of carbonyl (C=O) groups excluding carboxylic acids is 2. The van der Waals surface area contributed by atoms with E-state index in [1.807, 2.05) is 20.8 Å². The molecule has 0 N–H and O–H groups in total. The van der Waals surface area contributed by atoms with Crippen LogP contribution in [0.3, 0.4) is 0 Å². The van der Waals surface area contributed by atoms with Gasteiger partial charge in [0.15, 0.2) is 5.78 Å². The maximum Gasteiger partial charge on any atom is 0.410 e. The van der Waals surface area contributed by atoms with E-state index in [4.69, 9.17) is 25.8 Å². The zero-order valence-electron chi connectivity index (χ0n) is 15.6. The van der Waals surface area contributed by atoms with Crippen molar-refractivity contribution in [2.24, 2.45) is 0 Å². The smallest absolute Gasteiger partial charge is 0.410 e. The molecular formula is C19H24ClNO5. The summed E-state index contributed by atoms with van der Waals surface area (Å²) in [5.41, 5.74) is -0.735. The van der Waals surface area contributed by atoms with Crippen molar-refractivity contribution in [2.45, 2.75) is 51.2 Å². The molecule has 1 saturated heterocycles. The molecule has 2 aliphatic heterocycles. The Morgan fingerprint density at radius 2 is 1.92 bits per heavy atom. The minimum absolute atomic E-state index is 0.0374. The van der Waals surface area contributed by atoms with Crippen LogP contribution in [0.2, 0.25) is 5.02 Å². The molecule has 6 nitrogen and oxygen atoms in total. The van der Waals surface area contributed by atoms with Crippen LogP contribution in [-0.2, 0) is 4.74 Å². The lowest BCUT2D eigenvalue weighted by molar-refractivity contribution is -0.0226. The van der Waals surface area contributed by atoms with E-state index < -0.39 is 11.2 Å². The van der Waals surface area contributed by atoms with Gasteiger partial charge in [0.1, 0.15) is 22.7 Å². The largest absolute Gasteiger partial charge is 0.497 e. The number of hydrogen-bond acceptors (Lipinski definition) is 5. The van der Waals surface area contributed by atoms with Crippen LogP contribution in [0, 0.1) is 0 Å². The molecule has 1 spiro atoms. The van der Waals surface area contributed by atoms with Gasteiger partial charge in [-0.1, -0.05) is 11.6 Å². The summed E-state index contributed by atoms with van der Waals surface area (Å²) in [5.74, 6) is 0.964. The van der Waals surface area contributed by atoms with Crippen molar-refractivity contribution in [3.8, 4) is 11.5 Å². The van der Waals surface area contributed by atoms with Gasteiger partial charge in [0.05, 0.1) is 24.1 Å². The molecule has 7 heteroatoms. The summed E-state index contributed by atoms with van der Waals surface area (Å²) in [6.07, 6.45) is 1.05. The third-order valence-electron chi connectivity index (χ3n) is 4.68. The molecule has 2 heterocycles. The molecule has 26 heavy (non-hydrogen) atoms. The van der Waals surface area contributed by atoms with Crippen LogP contribution >= 0.6 is 11.6 Å². The second-order valence-corrected chi connectivity index (χ2v) is 8.24. The van der Waals surface area contributed by atoms with Crippen molar-refractivity contribution in [3.63, 3.8) is 0 Å². The fourth-order valence-electron chi connectivity index (χ4n) is 3.38. The lowest BCUT2D eigenvalue weighted by atomic mass is 9.82. The molecule has 1 fully saturated rings. The number of amides is 1. The summed E-state index contributed by atoms with van der Waals surface area (Å²) in [4.78, 5) is 26.6. The minimum Gasteiger partial charge on any atom is -0.497 e. The third kappa shape index (κ3) is 3.75. The van der Waals surface area contributed by atoms with E-state index in [0.29, 0.717) is 48.0 Å². The Morgan fingerprint density at radius 1 is 1.27 bits per heavy atom. The van der Waals surface area contributed by atoms with Gasteiger partial charge in [0.2, 0.25) is 0 Å². The number of methoxy groups -OCH3 is 1. The maximum absolute atomic E-state index is 12.7. The SMILES string of the molecule is COc1cc(Cl)c2c(c1)OC1(CCN(C(=O)OC(C)(C)C)CC1)CC2=O. The van der Waals surface area contributed by atoms with Gasteiger partial charge in [-0.2, -0.15) is 0 Å². The first-order valence-electron chi connectivity index (χ1n) is 8.70. The van der Waals surface area contributed by atoms with Gasteiger partial charge in [0.25, 0.3) is 0 Å². The average Bonchev–Trinajstić information content (AvgIpc) is 2.52. The lowest BCUT2D eigenvalue weighted by Gasteiger charge is -2.44. The van der Waals surface area contributed by atoms with Crippen LogP contribution < -0.4 is 9.47 Å². The molecule has 3 rings (SSSR count). The molecule has 0 aromatic heterocycles. The van der Waals surface area contributed by atoms with E-state index in [9.17, 15) is 9.59 Å². The highest BCUT2D eigenvalue weighted by molar-refractivity contribution is 6.34. The summed E-state index contributed by atoms with van der Waals surface area (Å²) in [6, 6.07) is 3.31. The highest BCUT2D eigenvalue weighted by Gasteiger charge is 2.45. The quantitative estimate of drug-likeness (QED) is 0.733. The normalized spacial score (nSPS) is 19.0. The third-order valence-corrected chi connectivity index (χ3v) is 4.98. The molecule has 0 saturated carbocycles. The Morgan fingerprint density at radius 3 is 2.50 bits per heavy atom.